The van der Waals surface area contributed by atoms with Crippen molar-refractivity contribution in [1.82, 2.24) is 15.0 Å². The maximum atomic E-state index is 10.9. The number of hydrazone groups is 1. The third-order valence-corrected chi connectivity index (χ3v) is 6.27. The fourth-order valence-corrected chi connectivity index (χ4v) is 4.25. The van der Waals surface area contributed by atoms with E-state index in [1.54, 1.807) is 24.3 Å². The number of nitro benzene ring substituents is 1. The number of ether oxygens (including phenoxy) is 1. The fourth-order valence-electron chi connectivity index (χ4n) is 4.25. The lowest BCUT2D eigenvalue weighted by atomic mass is 10.1. The summed E-state index contributed by atoms with van der Waals surface area (Å²) in [5.74, 6) is 2.20. The van der Waals surface area contributed by atoms with Gasteiger partial charge in [-0.25, -0.2) is 5.43 Å². The van der Waals surface area contributed by atoms with Gasteiger partial charge in [0.15, 0.2) is 0 Å². The second-order valence-corrected chi connectivity index (χ2v) is 8.94. The predicted molar refractivity (Wildman–Crippen MR) is 152 cm³/mol. The number of anilines is 4. The SMILES string of the molecule is O=[N+]([O-])c1ccc(-c2ccc(C=NNc3nc(Nc4ccc5ccccc5c4)nc(N4CCOCC4)n3)o2)cc1. The second kappa shape index (κ2) is 11.2. The molecule has 1 fully saturated rings. The highest BCUT2D eigenvalue weighted by atomic mass is 16.6. The minimum Gasteiger partial charge on any atom is -0.455 e. The van der Waals surface area contributed by atoms with E-state index in [0.717, 1.165) is 22.0 Å². The number of fused-ring (bicyclic) bond motifs is 1. The molecule has 1 aliphatic heterocycles. The van der Waals surface area contributed by atoms with E-state index in [-0.39, 0.29) is 11.6 Å². The fraction of sp³-hybridized carbons (Fsp3) is 0.143. The summed E-state index contributed by atoms with van der Waals surface area (Å²) in [6.07, 6.45) is 1.50. The van der Waals surface area contributed by atoms with Gasteiger partial charge in [0.25, 0.3) is 5.69 Å². The Balaban J connectivity index is 1.21. The number of morpholine rings is 1. The van der Waals surface area contributed by atoms with Crippen molar-refractivity contribution >= 4 is 46.2 Å². The van der Waals surface area contributed by atoms with Crippen molar-refractivity contribution in [2.75, 3.05) is 41.9 Å². The molecule has 2 aromatic heterocycles. The number of nitrogens with one attached hydrogen (secondary N) is 2. The van der Waals surface area contributed by atoms with E-state index in [1.807, 2.05) is 35.2 Å². The lowest BCUT2D eigenvalue weighted by molar-refractivity contribution is -0.384. The lowest BCUT2D eigenvalue weighted by Gasteiger charge is -2.27. The number of rotatable bonds is 8. The molecular formula is C28H24N8O4. The summed E-state index contributed by atoms with van der Waals surface area (Å²) in [5.41, 5.74) is 4.46. The molecule has 0 saturated carbocycles. The van der Waals surface area contributed by atoms with E-state index >= 15 is 0 Å². The van der Waals surface area contributed by atoms with Crippen molar-refractivity contribution in [2.45, 2.75) is 0 Å². The van der Waals surface area contributed by atoms with Gasteiger partial charge < -0.3 is 19.4 Å². The van der Waals surface area contributed by atoms with E-state index < -0.39 is 4.92 Å². The molecular weight excluding hydrogens is 512 g/mol. The molecule has 0 spiro atoms. The third kappa shape index (κ3) is 5.71. The van der Waals surface area contributed by atoms with Crippen molar-refractivity contribution in [3.8, 4) is 11.3 Å². The molecule has 0 amide bonds. The molecule has 0 bridgehead atoms. The topological polar surface area (TPSA) is 144 Å². The average molecular weight is 537 g/mol. The minimum atomic E-state index is -0.440. The summed E-state index contributed by atoms with van der Waals surface area (Å²) < 4.78 is 11.3. The van der Waals surface area contributed by atoms with Gasteiger partial charge in [0.05, 0.1) is 24.4 Å². The van der Waals surface area contributed by atoms with Crippen LogP contribution >= 0.6 is 0 Å². The first kappa shape index (κ1) is 24.9. The number of nitrogens with zero attached hydrogens (tertiary/aromatic N) is 6. The summed E-state index contributed by atoms with van der Waals surface area (Å²) in [6, 6.07) is 23.8. The van der Waals surface area contributed by atoms with E-state index in [0.29, 0.717) is 49.7 Å². The summed E-state index contributed by atoms with van der Waals surface area (Å²) in [5, 5.41) is 20.7. The molecule has 1 aliphatic rings. The van der Waals surface area contributed by atoms with Gasteiger partial charge >= 0.3 is 0 Å². The van der Waals surface area contributed by atoms with Crippen LogP contribution in [0.25, 0.3) is 22.1 Å². The molecule has 0 aliphatic carbocycles. The molecule has 6 rings (SSSR count). The molecule has 3 heterocycles. The van der Waals surface area contributed by atoms with Gasteiger partial charge in [-0.05, 0) is 47.2 Å². The van der Waals surface area contributed by atoms with Crippen LogP contribution in [0.1, 0.15) is 5.76 Å². The Bertz CT molecular complexity index is 1680. The normalized spacial score (nSPS) is 13.6. The van der Waals surface area contributed by atoms with Crippen LogP contribution in [0.4, 0.5) is 29.2 Å². The molecule has 200 valence electrons. The molecule has 5 aromatic rings. The molecule has 0 radical (unpaired) electrons. The van der Waals surface area contributed by atoms with Crippen molar-refractivity contribution < 1.29 is 14.1 Å². The Morgan fingerprint density at radius 1 is 0.900 bits per heavy atom. The average Bonchev–Trinajstić information content (AvgIpc) is 3.46. The van der Waals surface area contributed by atoms with Crippen molar-refractivity contribution in [1.29, 1.82) is 0 Å². The van der Waals surface area contributed by atoms with Gasteiger partial charge in [0, 0.05) is 36.5 Å². The minimum absolute atomic E-state index is 0.0181. The molecule has 0 unspecified atom stereocenters. The number of aromatic nitrogens is 3. The first-order valence-corrected chi connectivity index (χ1v) is 12.6. The van der Waals surface area contributed by atoms with Crippen LogP contribution in [0.15, 0.2) is 88.4 Å². The second-order valence-electron chi connectivity index (χ2n) is 8.94. The van der Waals surface area contributed by atoms with Crippen molar-refractivity contribution in [3.63, 3.8) is 0 Å². The number of non-ortho nitro benzene ring substituents is 1. The Hall–Kier alpha value is -5.36. The summed E-state index contributed by atoms with van der Waals surface area (Å²) in [6.45, 7) is 2.52. The van der Waals surface area contributed by atoms with Gasteiger partial charge in [0.1, 0.15) is 11.5 Å². The monoisotopic (exact) mass is 536 g/mol. The number of hydrogen-bond donors (Lipinski definition) is 2. The van der Waals surface area contributed by atoms with Gasteiger partial charge in [0.2, 0.25) is 17.8 Å². The highest BCUT2D eigenvalue weighted by molar-refractivity contribution is 5.86. The van der Waals surface area contributed by atoms with Crippen LogP contribution in [-0.4, -0.2) is 52.4 Å². The summed E-state index contributed by atoms with van der Waals surface area (Å²) >= 11 is 0. The van der Waals surface area contributed by atoms with E-state index in [4.69, 9.17) is 9.15 Å². The molecule has 40 heavy (non-hydrogen) atoms. The summed E-state index contributed by atoms with van der Waals surface area (Å²) in [4.78, 5) is 26.2. The molecule has 12 nitrogen and oxygen atoms in total. The van der Waals surface area contributed by atoms with Gasteiger partial charge in [-0.3, -0.25) is 10.1 Å². The standard InChI is InChI=1S/C28H24N8O4/c37-36(38)23-9-6-20(7-10-23)25-12-11-24(40-25)18-29-34-27-31-26(32-28(33-27)35-13-15-39-16-14-35)30-22-8-5-19-3-1-2-4-21(19)17-22/h1-12,17-18H,13-16H2,(H2,30,31,32,33,34). The highest BCUT2D eigenvalue weighted by Gasteiger charge is 2.17. The van der Waals surface area contributed by atoms with E-state index in [1.165, 1.54) is 18.3 Å². The van der Waals surface area contributed by atoms with Crippen LogP contribution in [0.3, 0.4) is 0 Å². The van der Waals surface area contributed by atoms with Crippen LogP contribution in [0.5, 0.6) is 0 Å². The zero-order valence-corrected chi connectivity index (χ0v) is 21.2. The van der Waals surface area contributed by atoms with Gasteiger partial charge in [-0.15, -0.1) is 0 Å². The van der Waals surface area contributed by atoms with Crippen LogP contribution in [0.2, 0.25) is 0 Å². The number of nitro groups is 1. The number of benzene rings is 3. The van der Waals surface area contributed by atoms with Crippen LogP contribution in [0, 0.1) is 10.1 Å². The maximum absolute atomic E-state index is 10.9. The molecule has 3 aromatic carbocycles. The lowest BCUT2D eigenvalue weighted by Crippen LogP contribution is -2.37. The quantitative estimate of drug-likeness (QED) is 0.154. The Morgan fingerprint density at radius 2 is 1.68 bits per heavy atom. The Kier molecular flexibility index (Phi) is 6.97. The molecule has 12 heteroatoms. The van der Waals surface area contributed by atoms with Crippen molar-refractivity contribution in [2.24, 2.45) is 5.10 Å². The zero-order valence-electron chi connectivity index (χ0n) is 21.2. The molecule has 2 N–H and O–H groups in total. The van der Waals surface area contributed by atoms with Gasteiger partial charge in [-0.1, -0.05) is 30.3 Å². The molecule has 1 saturated heterocycles. The van der Waals surface area contributed by atoms with Gasteiger partial charge in [-0.2, -0.15) is 20.1 Å². The smallest absolute Gasteiger partial charge is 0.269 e. The summed E-state index contributed by atoms with van der Waals surface area (Å²) in [7, 11) is 0. The van der Waals surface area contributed by atoms with E-state index in [9.17, 15) is 10.1 Å². The number of furan rings is 1. The zero-order chi connectivity index (χ0) is 27.3. The first-order valence-electron chi connectivity index (χ1n) is 12.6. The number of hydrogen-bond acceptors (Lipinski definition) is 11. The predicted octanol–water partition coefficient (Wildman–Crippen LogP) is 5.22. The largest absolute Gasteiger partial charge is 0.455 e. The molecule has 0 atom stereocenters. The third-order valence-electron chi connectivity index (χ3n) is 6.27. The Morgan fingerprint density at radius 3 is 2.48 bits per heavy atom. The van der Waals surface area contributed by atoms with Crippen molar-refractivity contribution in [3.05, 3.63) is 94.7 Å². The first-order chi connectivity index (χ1) is 19.6. The highest BCUT2D eigenvalue weighted by Crippen LogP contribution is 2.25. The van der Waals surface area contributed by atoms with E-state index in [2.05, 4.69) is 42.9 Å². The van der Waals surface area contributed by atoms with Crippen LogP contribution < -0.4 is 15.6 Å². The van der Waals surface area contributed by atoms with Crippen LogP contribution in [-0.2, 0) is 4.74 Å². The Labute approximate surface area is 228 Å². The maximum Gasteiger partial charge on any atom is 0.269 e.